The number of likely N-dealkylation sites (tertiary alicyclic amines) is 2. The zero-order valence-electron chi connectivity index (χ0n) is 14.3. The molecule has 1 aromatic carbocycles. The molecule has 0 radical (unpaired) electrons. The quantitative estimate of drug-likeness (QED) is 0.848. The third-order valence-electron chi connectivity index (χ3n) is 6.18. The van der Waals surface area contributed by atoms with Gasteiger partial charge in [0.15, 0.2) is 0 Å². The summed E-state index contributed by atoms with van der Waals surface area (Å²) in [4.78, 5) is 21.7. The second-order valence-corrected chi connectivity index (χ2v) is 7.66. The predicted molar refractivity (Wildman–Crippen MR) is 92.6 cm³/mol. The van der Waals surface area contributed by atoms with Crippen LogP contribution in [0, 0.1) is 5.92 Å². The molecule has 6 heteroatoms. The van der Waals surface area contributed by atoms with Crippen LogP contribution in [0.3, 0.4) is 0 Å². The largest absolute Gasteiger partial charge is 0.339 e. The van der Waals surface area contributed by atoms with Crippen molar-refractivity contribution >= 4 is 5.91 Å². The Labute approximate surface area is 147 Å². The van der Waals surface area contributed by atoms with Gasteiger partial charge in [-0.1, -0.05) is 30.3 Å². The number of hydrogen-bond donors (Lipinski definition) is 0. The highest BCUT2D eigenvalue weighted by molar-refractivity contribution is 5.80. The van der Waals surface area contributed by atoms with Crippen LogP contribution in [0.2, 0.25) is 0 Å². The molecule has 1 amide bonds. The van der Waals surface area contributed by atoms with Crippen LogP contribution in [-0.2, 0) is 24.3 Å². The van der Waals surface area contributed by atoms with Crippen molar-refractivity contribution in [1.82, 2.24) is 24.6 Å². The monoisotopic (exact) mass is 337 g/mol. The van der Waals surface area contributed by atoms with E-state index in [2.05, 4.69) is 50.2 Å². The molecule has 1 aromatic heterocycles. The molecule has 0 N–H and O–H groups in total. The van der Waals surface area contributed by atoms with Gasteiger partial charge in [0.1, 0.15) is 12.2 Å². The molecule has 25 heavy (non-hydrogen) atoms. The Balaban J connectivity index is 1.20. The number of amides is 1. The van der Waals surface area contributed by atoms with Crippen molar-refractivity contribution in [3.63, 3.8) is 0 Å². The molecule has 1 spiro atoms. The second kappa shape index (κ2) is 5.66. The maximum Gasteiger partial charge on any atom is 0.226 e. The van der Waals surface area contributed by atoms with Crippen LogP contribution in [0.1, 0.15) is 24.2 Å². The van der Waals surface area contributed by atoms with Crippen molar-refractivity contribution in [2.45, 2.75) is 37.9 Å². The summed E-state index contributed by atoms with van der Waals surface area (Å²) in [5.41, 5.74) is 1.60. The number of carbonyl (C=O) groups excluding carboxylic acids is 1. The molecule has 0 bridgehead atoms. The molecule has 0 aliphatic carbocycles. The number of rotatable bonds is 3. The third-order valence-corrected chi connectivity index (χ3v) is 6.18. The van der Waals surface area contributed by atoms with Gasteiger partial charge in [-0.15, -0.1) is 0 Å². The smallest absolute Gasteiger partial charge is 0.226 e. The van der Waals surface area contributed by atoms with Crippen LogP contribution in [0.4, 0.5) is 0 Å². The van der Waals surface area contributed by atoms with Crippen molar-refractivity contribution < 1.29 is 4.79 Å². The van der Waals surface area contributed by atoms with Gasteiger partial charge in [0, 0.05) is 45.1 Å². The number of aryl methyl sites for hydroxylation is 1. The number of fused-ring (bicyclic) bond motifs is 1. The topological polar surface area (TPSA) is 54.3 Å². The maximum atomic E-state index is 12.9. The Bertz CT molecular complexity index is 780. The average Bonchev–Trinajstić information content (AvgIpc) is 3.06. The first-order valence-corrected chi connectivity index (χ1v) is 9.18. The highest BCUT2D eigenvalue weighted by atomic mass is 16.2. The minimum absolute atomic E-state index is 0.0803. The number of aromatic nitrogens is 3. The fraction of sp³-hybridized carbons (Fsp3) is 0.526. The number of hydrogen-bond acceptors (Lipinski definition) is 4. The number of carbonyl (C=O) groups is 1. The Morgan fingerprint density at radius 2 is 2.04 bits per heavy atom. The highest BCUT2D eigenvalue weighted by Crippen LogP contribution is 2.41. The van der Waals surface area contributed by atoms with Crippen LogP contribution >= 0.6 is 0 Å². The van der Waals surface area contributed by atoms with Crippen molar-refractivity contribution in [3.8, 4) is 0 Å². The van der Waals surface area contributed by atoms with Gasteiger partial charge in [0.25, 0.3) is 0 Å². The van der Waals surface area contributed by atoms with E-state index in [1.165, 1.54) is 12.0 Å². The van der Waals surface area contributed by atoms with Crippen LogP contribution in [0.15, 0.2) is 36.7 Å². The molecule has 2 saturated heterocycles. The first kappa shape index (κ1) is 15.1. The van der Waals surface area contributed by atoms with Gasteiger partial charge in [-0.3, -0.25) is 14.4 Å². The van der Waals surface area contributed by atoms with E-state index in [0.717, 1.165) is 51.4 Å². The molecule has 130 valence electrons. The van der Waals surface area contributed by atoms with Gasteiger partial charge >= 0.3 is 0 Å². The molecule has 4 heterocycles. The van der Waals surface area contributed by atoms with E-state index in [1.807, 2.05) is 4.68 Å². The van der Waals surface area contributed by atoms with E-state index < -0.39 is 0 Å². The van der Waals surface area contributed by atoms with Crippen molar-refractivity contribution in [2.75, 3.05) is 19.6 Å². The lowest BCUT2D eigenvalue weighted by Crippen LogP contribution is -2.77. The van der Waals surface area contributed by atoms with E-state index in [-0.39, 0.29) is 11.5 Å². The normalized spacial score (nSPS) is 24.5. The molecular formula is C19H23N5O. The molecule has 6 nitrogen and oxygen atoms in total. The minimum Gasteiger partial charge on any atom is -0.339 e. The SMILES string of the molecule is O=C(C1CCn2ncnc2C1)N1CC2(CCN2Cc2ccccc2)C1. The zero-order chi connectivity index (χ0) is 16.9. The van der Waals surface area contributed by atoms with E-state index in [0.29, 0.717) is 5.91 Å². The standard InChI is InChI=1S/C19H23N5O/c25-18(16-6-8-24-17(10-16)20-14-21-24)22-12-19(13-22)7-9-23(19)11-15-4-2-1-3-5-15/h1-5,14,16H,6-13H2. The fourth-order valence-electron chi connectivity index (χ4n) is 4.52. The Morgan fingerprint density at radius 3 is 2.80 bits per heavy atom. The predicted octanol–water partition coefficient (Wildman–Crippen LogP) is 1.33. The number of nitrogens with zero attached hydrogens (tertiary/aromatic N) is 5. The van der Waals surface area contributed by atoms with Gasteiger partial charge in [0.05, 0.1) is 5.54 Å². The molecular weight excluding hydrogens is 314 g/mol. The van der Waals surface area contributed by atoms with Crippen LogP contribution in [-0.4, -0.2) is 55.6 Å². The van der Waals surface area contributed by atoms with Gasteiger partial charge in [0.2, 0.25) is 5.91 Å². The maximum absolute atomic E-state index is 12.9. The van der Waals surface area contributed by atoms with Crippen molar-refractivity contribution in [1.29, 1.82) is 0 Å². The summed E-state index contributed by atoms with van der Waals surface area (Å²) in [6, 6.07) is 10.6. The van der Waals surface area contributed by atoms with E-state index >= 15 is 0 Å². The molecule has 3 aliphatic heterocycles. The summed E-state index contributed by atoms with van der Waals surface area (Å²) >= 11 is 0. The fourth-order valence-corrected chi connectivity index (χ4v) is 4.52. The molecule has 3 aliphatic rings. The highest BCUT2D eigenvalue weighted by Gasteiger charge is 2.55. The molecule has 1 atom stereocenters. The first-order chi connectivity index (χ1) is 12.2. The summed E-state index contributed by atoms with van der Waals surface area (Å²) in [7, 11) is 0. The Kier molecular flexibility index (Phi) is 3.41. The van der Waals surface area contributed by atoms with Gasteiger partial charge in [-0.05, 0) is 18.4 Å². The second-order valence-electron chi connectivity index (χ2n) is 7.66. The molecule has 0 saturated carbocycles. The summed E-state index contributed by atoms with van der Waals surface area (Å²) in [5.74, 6) is 1.34. The van der Waals surface area contributed by atoms with Crippen LogP contribution in [0.5, 0.6) is 0 Å². The first-order valence-electron chi connectivity index (χ1n) is 9.18. The van der Waals surface area contributed by atoms with Gasteiger partial charge in [-0.2, -0.15) is 5.10 Å². The minimum atomic E-state index is 0.0803. The lowest BCUT2D eigenvalue weighted by atomic mass is 9.76. The summed E-state index contributed by atoms with van der Waals surface area (Å²) in [6.07, 6.45) is 4.42. The molecule has 1 unspecified atom stereocenters. The van der Waals surface area contributed by atoms with E-state index in [4.69, 9.17) is 0 Å². The average molecular weight is 337 g/mol. The van der Waals surface area contributed by atoms with Crippen LogP contribution < -0.4 is 0 Å². The van der Waals surface area contributed by atoms with E-state index in [9.17, 15) is 4.79 Å². The zero-order valence-corrected chi connectivity index (χ0v) is 14.3. The van der Waals surface area contributed by atoms with Crippen molar-refractivity contribution in [3.05, 3.63) is 48.0 Å². The van der Waals surface area contributed by atoms with Gasteiger partial charge < -0.3 is 4.90 Å². The molecule has 2 fully saturated rings. The summed E-state index contributed by atoms with van der Waals surface area (Å²) < 4.78 is 1.93. The molecule has 5 rings (SSSR count). The van der Waals surface area contributed by atoms with Crippen molar-refractivity contribution in [2.24, 2.45) is 5.92 Å². The van der Waals surface area contributed by atoms with E-state index in [1.54, 1.807) is 6.33 Å². The Morgan fingerprint density at radius 1 is 1.20 bits per heavy atom. The number of benzene rings is 1. The summed E-state index contributed by atoms with van der Waals surface area (Å²) in [5, 5.41) is 4.20. The van der Waals surface area contributed by atoms with Crippen LogP contribution in [0.25, 0.3) is 0 Å². The third kappa shape index (κ3) is 2.47. The van der Waals surface area contributed by atoms with Gasteiger partial charge in [-0.25, -0.2) is 4.98 Å². The lowest BCUT2D eigenvalue weighted by Gasteiger charge is -2.63. The lowest BCUT2D eigenvalue weighted by molar-refractivity contribution is -0.167. The molecule has 2 aromatic rings. The Hall–Kier alpha value is -2.21. The summed E-state index contributed by atoms with van der Waals surface area (Å²) in [6.45, 7) is 4.73.